The lowest BCUT2D eigenvalue weighted by atomic mass is 9.80. The number of rotatable bonds is 6. The third-order valence-electron chi connectivity index (χ3n) is 10.3. The number of hydrogen-bond acceptors (Lipinski definition) is 6. The zero-order valence-electron chi connectivity index (χ0n) is 32.3. The molecule has 14 heteroatoms. The average Bonchev–Trinajstić information content (AvgIpc) is 3.80. The van der Waals surface area contributed by atoms with Gasteiger partial charge in [-0.15, -0.1) is 0 Å². The van der Waals surface area contributed by atoms with Gasteiger partial charge < -0.3 is 19.2 Å². The van der Waals surface area contributed by atoms with E-state index in [4.69, 9.17) is 10.0 Å². The van der Waals surface area contributed by atoms with E-state index < -0.39 is 7.12 Å². The Hall–Kier alpha value is -6.42. The minimum Gasteiger partial charge on any atom is -0.423 e. The number of nitro groups is 2. The van der Waals surface area contributed by atoms with Crippen LogP contribution in [-0.4, -0.2) is 36.1 Å². The molecule has 0 aliphatic heterocycles. The van der Waals surface area contributed by atoms with E-state index in [-0.39, 0.29) is 21.2 Å². The van der Waals surface area contributed by atoms with Gasteiger partial charge in [-0.1, -0.05) is 141 Å². The van der Waals surface area contributed by atoms with Gasteiger partial charge in [-0.2, -0.15) is 0 Å². The highest BCUT2D eigenvalue weighted by molar-refractivity contribution is 9.11. The first-order valence-electron chi connectivity index (χ1n) is 19.1. The van der Waals surface area contributed by atoms with E-state index in [1.54, 1.807) is 42.5 Å². The van der Waals surface area contributed by atoms with E-state index in [0.717, 1.165) is 70.6 Å². The Balaban J connectivity index is 0.000000143. The molecule has 10 nitrogen and oxygen atoms in total. The predicted molar refractivity (Wildman–Crippen MR) is 260 cm³/mol. The van der Waals surface area contributed by atoms with Crippen LogP contribution in [0.3, 0.4) is 0 Å². The van der Waals surface area contributed by atoms with E-state index >= 15 is 0 Å². The fourth-order valence-corrected chi connectivity index (χ4v) is 9.10. The van der Waals surface area contributed by atoms with Crippen LogP contribution >= 0.6 is 47.8 Å². The zero-order valence-corrected chi connectivity index (χ0v) is 37.1. The molecule has 0 atom stereocenters. The SMILES string of the molecule is O=[N+]([O-])c1ccc(-n2c3ccccc3c3ccccc32)c(-c2ccccc2Br)c1.O=[N+]([O-])c1ccc(-n2c3ccccc3c3ccccc32)c(Br)c1.OB(O)c1ccccc1Br. The molecule has 0 unspecified atom stereocenters. The monoisotopic (exact) mass is 1010 g/mol. The van der Waals surface area contributed by atoms with Crippen LogP contribution < -0.4 is 5.46 Å². The van der Waals surface area contributed by atoms with Gasteiger partial charge in [0.2, 0.25) is 0 Å². The van der Waals surface area contributed by atoms with Gasteiger partial charge in [0, 0.05) is 64.8 Å². The van der Waals surface area contributed by atoms with Crippen LogP contribution in [0.1, 0.15) is 0 Å². The van der Waals surface area contributed by atoms with Gasteiger partial charge in [-0.05, 0) is 75.5 Å². The van der Waals surface area contributed by atoms with E-state index in [1.165, 1.54) is 6.07 Å². The quantitative estimate of drug-likeness (QED) is 0.0967. The number of nitro benzene ring substituents is 2. The summed E-state index contributed by atoms with van der Waals surface area (Å²) in [5.74, 6) is 0. The van der Waals surface area contributed by atoms with Crippen LogP contribution in [0, 0.1) is 20.2 Å². The molecule has 0 amide bonds. The molecular weight excluding hydrogens is 979 g/mol. The molecule has 10 rings (SSSR count). The molecule has 2 N–H and O–H groups in total. The summed E-state index contributed by atoms with van der Waals surface area (Å²) in [6.45, 7) is 0. The number of para-hydroxylation sites is 4. The molecule has 0 fully saturated rings. The van der Waals surface area contributed by atoms with Gasteiger partial charge in [0.25, 0.3) is 11.4 Å². The highest BCUT2D eigenvalue weighted by Crippen LogP contribution is 2.40. The van der Waals surface area contributed by atoms with Crippen molar-refractivity contribution in [3.63, 3.8) is 0 Å². The summed E-state index contributed by atoms with van der Waals surface area (Å²) >= 11 is 10.3. The Morgan fingerprint density at radius 1 is 0.419 bits per heavy atom. The zero-order chi connectivity index (χ0) is 43.5. The van der Waals surface area contributed by atoms with Crippen molar-refractivity contribution in [1.82, 2.24) is 9.13 Å². The molecule has 0 saturated heterocycles. The third-order valence-corrected chi connectivity index (χ3v) is 12.4. The van der Waals surface area contributed by atoms with Crippen molar-refractivity contribution in [2.24, 2.45) is 0 Å². The molecule has 0 bridgehead atoms. The van der Waals surface area contributed by atoms with Crippen molar-refractivity contribution in [2.75, 3.05) is 0 Å². The minimum atomic E-state index is -1.39. The van der Waals surface area contributed by atoms with Gasteiger partial charge in [0.05, 0.1) is 43.3 Å². The minimum absolute atomic E-state index is 0.0697. The Bertz CT molecular complexity index is 3210. The molecule has 304 valence electrons. The molecule has 62 heavy (non-hydrogen) atoms. The van der Waals surface area contributed by atoms with Crippen LogP contribution in [0.15, 0.2) is 195 Å². The number of benzene rings is 8. The van der Waals surface area contributed by atoms with Crippen molar-refractivity contribution in [1.29, 1.82) is 0 Å². The van der Waals surface area contributed by atoms with E-state index in [1.807, 2.05) is 84.9 Å². The molecule has 0 radical (unpaired) electrons. The van der Waals surface area contributed by atoms with Crippen molar-refractivity contribution in [3.8, 4) is 22.5 Å². The average molecular weight is 1010 g/mol. The standard InChI is InChI=1S/C24H15BrN2O2.C18H11BrN2O2.C6H6BBrO2/c25-21-10-4-1-7-17(21)20-15-16(27(28)29)13-14-24(20)26-22-11-5-2-8-18(22)19-9-3-6-12-23(19)26;19-15-11-12(21(22)23)9-10-18(15)20-16-7-3-1-5-13(16)14-6-2-4-8-17(14)20;8-6-4-2-1-3-5(6)7(9)10/h1-15H;1-11H;1-4,9-10H. The summed E-state index contributed by atoms with van der Waals surface area (Å²) in [5.41, 5.74) is 8.40. The Morgan fingerprint density at radius 3 is 1.23 bits per heavy atom. The summed E-state index contributed by atoms with van der Waals surface area (Å²) in [4.78, 5) is 21.7. The van der Waals surface area contributed by atoms with E-state index in [2.05, 4.69) is 105 Å². The predicted octanol–water partition coefficient (Wildman–Crippen LogP) is 12.7. The molecule has 0 saturated carbocycles. The van der Waals surface area contributed by atoms with Crippen LogP contribution in [0.2, 0.25) is 0 Å². The lowest BCUT2D eigenvalue weighted by molar-refractivity contribution is -0.385. The van der Waals surface area contributed by atoms with Gasteiger partial charge >= 0.3 is 7.12 Å². The van der Waals surface area contributed by atoms with Gasteiger partial charge in [-0.3, -0.25) is 20.2 Å². The van der Waals surface area contributed by atoms with Crippen molar-refractivity contribution < 1.29 is 19.9 Å². The number of fused-ring (bicyclic) bond motifs is 6. The maximum absolute atomic E-state index is 11.5. The van der Waals surface area contributed by atoms with Crippen LogP contribution in [0.5, 0.6) is 0 Å². The van der Waals surface area contributed by atoms with Crippen LogP contribution in [0.4, 0.5) is 11.4 Å². The topological polar surface area (TPSA) is 137 Å². The molecule has 2 heterocycles. The molecule has 10 aromatic rings. The smallest absolute Gasteiger partial charge is 0.423 e. The third kappa shape index (κ3) is 8.30. The molecule has 0 spiro atoms. The number of hydrogen-bond donors (Lipinski definition) is 2. The number of halogens is 3. The number of nitrogens with zero attached hydrogens (tertiary/aromatic N) is 4. The van der Waals surface area contributed by atoms with Crippen LogP contribution in [0.25, 0.3) is 66.1 Å². The van der Waals surface area contributed by atoms with Crippen LogP contribution in [-0.2, 0) is 0 Å². The van der Waals surface area contributed by atoms with Crippen molar-refractivity contribution in [2.45, 2.75) is 0 Å². The number of non-ortho nitro benzene ring substituents is 2. The van der Waals surface area contributed by atoms with Gasteiger partial charge in [0.15, 0.2) is 0 Å². The first kappa shape index (κ1) is 42.3. The Kier molecular flexibility index (Phi) is 12.5. The fourth-order valence-electron chi connectivity index (χ4n) is 7.57. The normalized spacial score (nSPS) is 10.9. The second kappa shape index (κ2) is 18.3. The second-order valence-electron chi connectivity index (χ2n) is 14.0. The Morgan fingerprint density at radius 2 is 0.806 bits per heavy atom. The maximum atomic E-state index is 11.5. The molecule has 0 aliphatic rings. The first-order chi connectivity index (χ1) is 30.0. The summed E-state index contributed by atoms with van der Waals surface area (Å²) in [7, 11) is -1.39. The lowest BCUT2D eigenvalue weighted by Crippen LogP contribution is -2.30. The number of aromatic nitrogens is 2. The molecule has 8 aromatic carbocycles. The fraction of sp³-hybridized carbons (Fsp3) is 0. The largest absolute Gasteiger partial charge is 0.489 e. The van der Waals surface area contributed by atoms with Crippen molar-refractivity contribution >= 4 is 115 Å². The maximum Gasteiger partial charge on any atom is 0.489 e. The second-order valence-corrected chi connectivity index (χ2v) is 16.5. The Labute approximate surface area is 380 Å². The first-order valence-corrected chi connectivity index (χ1v) is 21.5. The molecule has 0 aliphatic carbocycles. The van der Waals surface area contributed by atoms with E-state index in [0.29, 0.717) is 14.4 Å². The molecule has 2 aromatic heterocycles. The lowest BCUT2D eigenvalue weighted by Gasteiger charge is -2.15. The van der Waals surface area contributed by atoms with Gasteiger partial charge in [-0.25, -0.2) is 0 Å². The molecular formula is C48H32BBr3N4O6. The van der Waals surface area contributed by atoms with E-state index in [9.17, 15) is 20.2 Å². The van der Waals surface area contributed by atoms with Crippen molar-refractivity contribution in [3.05, 3.63) is 216 Å². The summed E-state index contributed by atoms with van der Waals surface area (Å²) in [6, 6.07) is 57.5. The highest BCUT2D eigenvalue weighted by atomic mass is 79.9. The highest BCUT2D eigenvalue weighted by Gasteiger charge is 2.20. The summed E-state index contributed by atoms with van der Waals surface area (Å²) in [5, 5.41) is 44.5. The summed E-state index contributed by atoms with van der Waals surface area (Å²) < 4.78 is 6.60. The summed E-state index contributed by atoms with van der Waals surface area (Å²) in [6.07, 6.45) is 0. The van der Waals surface area contributed by atoms with Gasteiger partial charge in [0.1, 0.15) is 0 Å².